The Morgan fingerprint density at radius 3 is 1.65 bits per heavy atom. The maximum absolute atomic E-state index is 9.09. The van der Waals surface area contributed by atoms with Gasteiger partial charge in [0.2, 0.25) is 0 Å². The van der Waals surface area contributed by atoms with Crippen LogP contribution in [0.1, 0.15) is 103 Å². The summed E-state index contributed by atoms with van der Waals surface area (Å²) in [7, 11) is 0. The van der Waals surface area contributed by atoms with E-state index in [-0.39, 0.29) is 6.10 Å². The zero-order chi connectivity index (χ0) is 17.2. The highest BCUT2D eigenvalue weighted by Crippen LogP contribution is 2.19. The SMILES string of the molecule is [CH2]C(O)CCCCCCCCCCCC(C=C=C)CCCCC. The normalized spacial score (nSPS) is 13.5. The third-order valence-electron chi connectivity index (χ3n) is 4.64. The van der Waals surface area contributed by atoms with Gasteiger partial charge < -0.3 is 5.11 Å². The van der Waals surface area contributed by atoms with Crippen molar-refractivity contribution in [3.05, 3.63) is 25.3 Å². The highest BCUT2D eigenvalue weighted by molar-refractivity contribution is 4.84. The number of aliphatic hydroxyl groups is 1. The number of rotatable bonds is 17. The van der Waals surface area contributed by atoms with E-state index in [0.29, 0.717) is 5.92 Å². The zero-order valence-corrected chi connectivity index (χ0v) is 15.7. The molecule has 0 aromatic heterocycles. The molecule has 0 fully saturated rings. The van der Waals surface area contributed by atoms with E-state index < -0.39 is 0 Å². The molecule has 0 rings (SSSR count). The first-order valence-electron chi connectivity index (χ1n) is 10.1. The van der Waals surface area contributed by atoms with E-state index in [0.717, 1.165) is 12.8 Å². The third-order valence-corrected chi connectivity index (χ3v) is 4.64. The number of hydrogen-bond donors (Lipinski definition) is 1. The fourth-order valence-corrected chi connectivity index (χ4v) is 3.16. The predicted molar refractivity (Wildman–Crippen MR) is 103 cm³/mol. The van der Waals surface area contributed by atoms with Crippen LogP contribution in [0.2, 0.25) is 0 Å². The Balaban J connectivity index is 3.37. The second kappa shape index (κ2) is 17.8. The van der Waals surface area contributed by atoms with Crippen LogP contribution in [0.3, 0.4) is 0 Å². The first-order valence-corrected chi connectivity index (χ1v) is 10.1. The van der Waals surface area contributed by atoms with Gasteiger partial charge in [-0.1, -0.05) is 90.6 Å². The molecule has 23 heavy (non-hydrogen) atoms. The van der Waals surface area contributed by atoms with Gasteiger partial charge in [-0.05, 0) is 38.2 Å². The van der Waals surface area contributed by atoms with Crippen molar-refractivity contribution in [2.75, 3.05) is 0 Å². The van der Waals surface area contributed by atoms with Gasteiger partial charge in [0, 0.05) is 0 Å². The lowest BCUT2D eigenvalue weighted by atomic mass is 9.94. The molecule has 0 aliphatic heterocycles. The van der Waals surface area contributed by atoms with E-state index in [2.05, 4.69) is 32.2 Å². The van der Waals surface area contributed by atoms with Gasteiger partial charge >= 0.3 is 0 Å². The standard InChI is InChI=1S/C22H41O/c1-4-6-14-19-22(17-5-2)20-16-13-11-9-7-8-10-12-15-18-21(3)23/h17,21-23H,2-4,6-16,18-20H2,1H3. The first-order chi connectivity index (χ1) is 11.2. The largest absolute Gasteiger partial charge is 0.393 e. The Kier molecular flexibility index (Phi) is 17.4. The Morgan fingerprint density at radius 1 is 0.783 bits per heavy atom. The molecule has 0 bridgehead atoms. The van der Waals surface area contributed by atoms with E-state index in [1.165, 1.54) is 83.5 Å². The molecular weight excluding hydrogens is 280 g/mol. The summed E-state index contributed by atoms with van der Waals surface area (Å²) in [5.41, 5.74) is 2.99. The smallest absolute Gasteiger partial charge is 0.0541 e. The Hall–Kier alpha value is -0.520. The monoisotopic (exact) mass is 321 g/mol. The van der Waals surface area contributed by atoms with Crippen LogP contribution in [-0.2, 0) is 0 Å². The molecule has 0 aliphatic rings. The van der Waals surface area contributed by atoms with E-state index in [1.807, 2.05) is 0 Å². The molecule has 1 heteroatoms. The molecule has 0 spiro atoms. The fourth-order valence-electron chi connectivity index (χ4n) is 3.16. The maximum atomic E-state index is 9.09. The lowest BCUT2D eigenvalue weighted by molar-refractivity contribution is 0.205. The molecule has 0 amide bonds. The highest BCUT2D eigenvalue weighted by atomic mass is 16.3. The molecule has 2 atom stereocenters. The van der Waals surface area contributed by atoms with Gasteiger partial charge in [0.25, 0.3) is 0 Å². The van der Waals surface area contributed by atoms with E-state index >= 15 is 0 Å². The van der Waals surface area contributed by atoms with Crippen molar-refractivity contribution in [1.29, 1.82) is 0 Å². The molecule has 0 heterocycles. The average molecular weight is 322 g/mol. The summed E-state index contributed by atoms with van der Waals surface area (Å²) in [4.78, 5) is 0. The second-order valence-corrected chi connectivity index (χ2v) is 7.04. The highest BCUT2D eigenvalue weighted by Gasteiger charge is 2.04. The minimum Gasteiger partial charge on any atom is -0.393 e. The van der Waals surface area contributed by atoms with E-state index in [9.17, 15) is 0 Å². The summed E-state index contributed by atoms with van der Waals surface area (Å²) in [6, 6.07) is 0. The Morgan fingerprint density at radius 2 is 1.22 bits per heavy atom. The van der Waals surface area contributed by atoms with Crippen LogP contribution in [0.25, 0.3) is 0 Å². The van der Waals surface area contributed by atoms with Crippen LogP contribution in [-0.4, -0.2) is 11.2 Å². The third kappa shape index (κ3) is 17.7. The van der Waals surface area contributed by atoms with Crippen LogP contribution >= 0.6 is 0 Å². The summed E-state index contributed by atoms with van der Waals surface area (Å²) in [6.45, 7) is 9.61. The van der Waals surface area contributed by atoms with Gasteiger partial charge in [-0.3, -0.25) is 0 Å². The van der Waals surface area contributed by atoms with Gasteiger partial charge in [-0.15, -0.1) is 5.73 Å². The van der Waals surface area contributed by atoms with Crippen molar-refractivity contribution < 1.29 is 5.11 Å². The minimum absolute atomic E-state index is 0.364. The summed E-state index contributed by atoms with van der Waals surface area (Å²) in [5, 5.41) is 9.09. The van der Waals surface area contributed by atoms with Crippen LogP contribution in [0, 0.1) is 12.8 Å². The van der Waals surface area contributed by atoms with Crippen molar-refractivity contribution in [3.63, 3.8) is 0 Å². The van der Waals surface area contributed by atoms with Gasteiger partial charge in [-0.25, -0.2) is 0 Å². The van der Waals surface area contributed by atoms with Gasteiger partial charge in [0.15, 0.2) is 0 Å². The van der Waals surface area contributed by atoms with Gasteiger partial charge in [-0.2, -0.15) is 0 Å². The summed E-state index contributed by atoms with van der Waals surface area (Å²) in [5.74, 6) is 0.711. The molecular formula is C22H41O. The van der Waals surface area contributed by atoms with Crippen molar-refractivity contribution in [1.82, 2.24) is 0 Å². The molecule has 1 radical (unpaired) electrons. The van der Waals surface area contributed by atoms with Crippen molar-refractivity contribution in [3.8, 4) is 0 Å². The van der Waals surface area contributed by atoms with Crippen LogP contribution in [0.4, 0.5) is 0 Å². The van der Waals surface area contributed by atoms with Crippen molar-refractivity contribution in [2.24, 2.45) is 5.92 Å². The Labute approximate surface area is 146 Å². The molecule has 2 unspecified atom stereocenters. The number of aliphatic hydroxyl groups excluding tert-OH is 1. The summed E-state index contributed by atoms with van der Waals surface area (Å²) >= 11 is 0. The molecule has 0 aliphatic carbocycles. The minimum atomic E-state index is -0.364. The van der Waals surface area contributed by atoms with Crippen LogP contribution < -0.4 is 0 Å². The van der Waals surface area contributed by atoms with Gasteiger partial charge in [0.05, 0.1) is 6.10 Å². The van der Waals surface area contributed by atoms with E-state index in [1.54, 1.807) is 0 Å². The quantitative estimate of drug-likeness (QED) is 0.226. The number of hydrogen-bond acceptors (Lipinski definition) is 1. The predicted octanol–water partition coefficient (Wildman–Crippen LogP) is 7.01. The molecule has 135 valence electrons. The topological polar surface area (TPSA) is 20.2 Å². The molecule has 1 N–H and O–H groups in total. The fraction of sp³-hybridized carbons (Fsp3) is 0.818. The van der Waals surface area contributed by atoms with Crippen molar-refractivity contribution in [2.45, 2.75) is 109 Å². The molecule has 0 aromatic rings. The Bertz CT molecular complexity index is 276. The lowest BCUT2D eigenvalue weighted by Gasteiger charge is -2.11. The summed E-state index contributed by atoms with van der Waals surface area (Å²) in [6.07, 6.45) is 21.3. The number of allylic oxidation sites excluding steroid dienone is 1. The lowest BCUT2D eigenvalue weighted by Crippen LogP contribution is -1.98. The zero-order valence-electron chi connectivity index (χ0n) is 15.7. The molecule has 0 saturated heterocycles. The number of unbranched alkanes of at least 4 members (excludes halogenated alkanes) is 10. The van der Waals surface area contributed by atoms with E-state index in [4.69, 9.17) is 5.11 Å². The first kappa shape index (κ1) is 22.5. The van der Waals surface area contributed by atoms with Crippen molar-refractivity contribution >= 4 is 0 Å². The molecule has 0 saturated carbocycles. The second-order valence-electron chi connectivity index (χ2n) is 7.04. The average Bonchev–Trinajstić information content (AvgIpc) is 2.52. The molecule has 0 aromatic carbocycles. The van der Waals surface area contributed by atoms with Crippen LogP contribution in [0.5, 0.6) is 0 Å². The maximum Gasteiger partial charge on any atom is 0.0541 e. The van der Waals surface area contributed by atoms with Gasteiger partial charge in [0.1, 0.15) is 0 Å². The van der Waals surface area contributed by atoms with Crippen LogP contribution in [0.15, 0.2) is 18.4 Å². The summed E-state index contributed by atoms with van der Waals surface area (Å²) < 4.78 is 0. The molecule has 1 nitrogen and oxygen atoms in total.